The summed E-state index contributed by atoms with van der Waals surface area (Å²) in [5.74, 6) is -5.57. The van der Waals surface area contributed by atoms with Crippen LogP contribution in [0.4, 0.5) is 26.3 Å². The highest BCUT2D eigenvalue weighted by Crippen LogP contribution is 2.43. The molecule has 0 aliphatic rings. The number of benzene rings is 3. The molecule has 3 rings (SSSR count). The molecule has 0 N–H and O–H groups in total. The van der Waals surface area contributed by atoms with E-state index in [1.807, 2.05) is 6.92 Å². The zero-order valence-corrected chi connectivity index (χ0v) is 19.2. The Bertz CT molecular complexity index is 1080. The van der Waals surface area contributed by atoms with Crippen molar-refractivity contribution in [2.45, 2.75) is 51.5 Å². The summed E-state index contributed by atoms with van der Waals surface area (Å²) < 4.78 is 94.1. The topological polar surface area (TPSA) is 18.5 Å². The second-order valence-electron chi connectivity index (χ2n) is 8.17. The highest BCUT2D eigenvalue weighted by atomic mass is 19.4. The molecule has 35 heavy (non-hydrogen) atoms. The van der Waals surface area contributed by atoms with Gasteiger partial charge >= 0.3 is 12.1 Å². The Morgan fingerprint density at radius 3 is 2.09 bits per heavy atom. The van der Waals surface area contributed by atoms with Gasteiger partial charge in [0.2, 0.25) is 0 Å². The Morgan fingerprint density at radius 2 is 1.46 bits per heavy atom. The van der Waals surface area contributed by atoms with E-state index >= 15 is 13.2 Å². The number of ether oxygens (including phenoxy) is 2. The van der Waals surface area contributed by atoms with E-state index in [0.717, 1.165) is 37.0 Å². The van der Waals surface area contributed by atoms with Crippen molar-refractivity contribution in [3.8, 4) is 5.75 Å². The molecule has 0 aliphatic heterocycles. The quantitative estimate of drug-likeness (QED) is 0.251. The van der Waals surface area contributed by atoms with Gasteiger partial charge in [-0.05, 0) is 30.0 Å². The predicted octanol–water partition coefficient (Wildman–Crippen LogP) is 7.97. The Morgan fingerprint density at radius 1 is 0.771 bits per heavy atom. The van der Waals surface area contributed by atoms with E-state index < -0.39 is 53.6 Å². The maximum absolute atomic E-state index is 15.7. The second-order valence-corrected chi connectivity index (χ2v) is 8.17. The molecule has 188 valence electrons. The van der Waals surface area contributed by atoms with Gasteiger partial charge in [0, 0.05) is 11.1 Å². The lowest BCUT2D eigenvalue weighted by atomic mass is 9.95. The number of hydrogen-bond acceptors (Lipinski definition) is 2. The van der Waals surface area contributed by atoms with Gasteiger partial charge in [0.1, 0.15) is 30.3 Å². The van der Waals surface area contributed by atoms with E-state index in [-0.39, 0.29) is 6.61 Å². The minimum atomic E-state index is -4.62. The van der Waals surface area contributed by atoms with Crippen molar-refractivity contribution >= 4 is 0 Å². The van der Waals surface area contributed by atoms with Crippen LogP contribution in [0.1, 0.15) is 47.6 Å². The van der Waals surface area contributed by atoms with Crippen molar-refractivity contribution in [2.24, 2.45) is 0 Å². The van der Waals surface area contributed by atoms with Gasteiger partial charge in [-0.2, -0.15) is 22.0 Å². The highest BCUT2D eigenvalue weighted by Gasteiger charge is 2.41. The summed E-state index contributed by atoms with van der Waals surface area (Å²) in [5.41, 5.74) is -0.352. The van der Waals surface area contributed by atoms with Crippen molar-refractivity contribution in [1.29, 1.82) is 0 Å². The third kappa shape index (κ3) is 7.24. The maximum atomic E-state index is 15.7. The van der Waals surface area contributed by atoms with Crippen molar-refractivity contribution in [3.63, 3.8) is 0 Å². The average molecular weight is 496 g/mol. The van der Waals surface area contributed by atoms with Crippen molar-refractivity contribution < 1.29 is 35.8 Å². The first kappa shape index (κ1) is 26.6. The van der Waals surface area contributed by atoms with E-state index in [1.165, 1.54) is 12.1 Å². The summed E-state index contributed by atoms with van der Waals surface area (Å²) in [4.78, 5) is 0. The van der Waals surface area contributed by atoms with Crippen molar-refractivity contribution in [1.82, 2.24) is 0 Å². The summed E-state index contributed by atoms with van der Waals surface area (Å²) in [6, 6.07) is 16.6. The molecule has 0 aliphatic carbocycles. The van der Waals surface area contributed by atoms with Crippen LogP contribution in [0, 0.1) is 5.82 Å². The van der Waals surface area contributed by atoms with Gasteiger partial charge in [-0.25, -0.2) is 4.39 Å². The van der Waals surface area contributed by atoms with Gasteiger partial charge in [0.15, 0.2) is 0 Å². The Hall–Kier alpha value is -3.00. The fourth-order valence-electron chi connectivity index (χ4n) is 3.54. The third-order valence-electron chi connectivity index (χ3n) is 5.39. The van der Waals surface area contributed by atoms with E-state index in [2.05, 4.69) is 4.74 Å². The fourth-order valence-corrected chi connectivity index (χ4v) is 3.54. The van der Waals surface area contributed by atoms with E-state index in [1.54, 1.807) is 42.5 Å². The molecule has 0 radical (unpaired) electrons. The standard InChI is InChI=1S/C27H26F6O2/c1-2-3-7-19-10-13-22(14-11-19)27(32,33)24-23(35-16-20-8-5-4-6-9-20)15-12-21(25(24)28)17-34-18-26(29,30)31/h4-6,8-15H,2-3,7,16-18H2,1H3. The molecule has 0 aromatic heterocycles. The molecule has 0 fully saturated rings. The number of alkyl halides is 5. The molecule has 0 saturated heterocycles. The number of rotatable bonds is 11. The minimum absolute atomic E-state index is 0.0940. The smallest absolute Gasteiger partial charge is 0.411 e. The van der Waals surface area contributed by atoms with Crippen LogP contribution in [0.2, 0.25) is 0 Å². The molecular formula is C27H26F6O2. The van der Waals surface area contributed by atoms with Gasteiger partial charge in [-0.1, -0.05) is 74.0 Å². The SMILES string of the molecule is CCCCc1ccc(C(F)(F)c2c(OCc3ccccc3)ccc(COCC(F)(F)F)c2F)cc1. The molecule has 3 aromatic carbocycles. The molecule has 0 amide bonds. The Balaban J connectivity index is 1.95. The molecule has 0 saturated carbocycles. The van der Waals surface area contributed by atoms with Gasteiger partial charge in [0.05, 0.1) is 6.61 Å². The second kappa shape index (κ2) is 11.6. The number of unbranched alkanes of at least 4 members (excludes halogenated alkanes) is 1. The lowest BCUT2D eigenvalue weighted by Gasteiger charge is -2.23. The summed E-state index contributed by atoms with van der Waals surface area (Å²) in [7, 11) is 0. The van der Waals surface area contributed by atoms with Crippen molar-refractivity contribution in [2.75, 3.05) is 6.61 Å². The molecule has 8 heteroatoms. The highest BCUT2D eigenvalue weighted by molar-refractivity contribution is 5.47. The van der Waals surface area contributed by atoms with Crippen LogP contribution < -0.4 is 4.74 Å². The Kier molecular flexibility index (Phi) is 8.83. The molecule has 0 bridgehead atoms. The lowest BCUT2D eigenvalue weighted by Crippen LogP contribution is -2.21. The molecule has 2 nitrogen and oxygen atoms in total. The third-order valence-corrected chi connectivity index (χ3v) is 5.39. The molecule has 0 heterocycles. The van der Waals surface area contributed by atoms with Crippen LogP contribution in [0.25, 0.3) is 0 Å². The van der Waals surface area contributed by atoms with E-state index in [4.69, 9.17) is 4.74 Å². The van der Waals surface area contributed by atoms with Crippen LogP contribution >= 0.6 is 0 Å². The fraction of sp³-hybridized carbons (Fsp3) is 0.333. The molecular weight excluding hydrogens is 470 g/mol. The summed E-state index contributed by atoms with van der Waals surface area (Å²) in [6.45, 7) is -0.510. The van der Waals surface area contributed by atoms with Crippen LogP contribution in [0.3, 0.4) is 0 Å². The lowest BCUT2D eigenvalue weighted by molar-refractivity contribution is -0.176. The number of halogens is 6. The van der Waals surface area contributed by atoms with Crippen molar-refractivity contribution in [3.05, 3.63) is 100 Å². The monoisotopic (exact) mass is 496 g/mol. The van der Waals surface area contributed by atoms with Crippen LogP contribution in [-0.4, -0.2) is 12.8 Å². The summed E-state index contributed by atoms with van der Waals surface area (Å²) in [5, 5.41) is 0. The van der Waals surface area contributed by atoms with Crippen LogP contribution in [0.15, 0.2) is 66.7 Å². The van der Waals surface area contributed by atoms with E-state index in [9.17, 15) is 13.2 Å². The normalized spacial score (nSPS) is 12.1. The van der Waals surface area contributed by atoms with Crippen LogP contribution in [-0.2, 0) is 30.3 Å². The van der Waals surface area contributed by atoms with Crippen LogP contribution in [0.5, 0.6) is 5.75 Å². The van der Waals surface area contributed by atoms with Gasteiger partial charge < -0.3 is 9.47 Å². The molecule has 0 unspecified atom stereocenters. The Labute approximate surface area is 200 Å². The van der Waals surface area contributed by atoms with Gasteiger partial charge in [-0.3, -0.25) is 0 Å². The zero-order chi connectivity index (χ0) is 25.5. The largest absolute Gasteiger partial charge is 0.488 e. The number of aryl methyl sites for hydroxylation is 1. The molecule has 0 spiro atoms. The van der Waals surface area contributed by atoms with Gasteiger partial charge in [0.25, 0.3) is 0 Å². The first-order valence-electron chi connectivity index (χ1n) is 11.2. The first-order chi connectivity index (χ1) is 16.6. The molecule has 0 atom stereocenters. The first-order valence-corrected chi connectivity index (χ1v) is 11.2. The number of hydrogen-bond donors (Lipinski definition) is 0. The zero-order valence-electron chi connectivity index (χ0n) is 19.2. The molecule has 3 aromatic rings. The van der Waals surface area contributed by atoms with E-state index in [0.29, 0.717) is 5.56 Å². The average Bonchev–Trinajstić information content (AvgIpc) is 2.82. The maximum Gasteiger partial charge on any atom is 0.411 e. The predicted molar refractivity (Wildman–Crippen MR) is 121 cm³/mol. The summed E-state index contributed by atoms with van der Waals surface area (Å²) >= 11 is 0. The minimum Gasteiger partial charge on any atom is -0.488 e. The summed E-state index contributed by atoms with van der Waals surface area (Å²) in [6.07, 6.45) is -2.04. The van der Waals surface area contributed by atoms with Gasteiger partial charge in [-0.15, -0.1) is 0 Å².